The molecule has 0 bridgehead atoms. The molecule has 11 heteroatoms. The third-order valence-electron chi connectivity index (χ3n) is 3.31. The van der Waals surface area contributed by atoms with Gasteiger partial charge in [0.15, 0.2) is 18.1 Å². The molecule has 146 valence electrons. The zero-order valence-electron chi connectivity index (χ0n) is 14.4. The maximum absolute atomic E-state index is 12.0. The molecule has 2 aromatic carbocycles. The van der Waals surface area contributed by atoms with Crippen LogP contribution in [0.25, 0.3) is 0 Å². The number of nitro benzene ring substituents is 1. The van der Waals surface area contributed by atoms with E-state index in [1.165, 1.54) is 37.6 Å². The number of benzene rings is 2. The Labute approximate surface area is 167 Å². The number of hydrogen-bond donors (Lipinski definition) is 2. The summed E-state index contributed by atoms with van der Waals surface area (Å²) in [4.78, 5) is 32.7. The quantitative estimate of drug-likeness (QED) is 0.356. The van der Waals surface area contributed by atoms with Gasteiger partial charge in [-0.25, -0.2) is 10.2 Å². The van der Waals surface area contributed by atoms with E-state index < -0.39 is 23.4 Å². The molecule has 0 aliphatic rings. The lowest BCUT2D eigenvalue weighted by molar-refractivity contribution is -0.384. The van der Waals surface area contributed by atoms with Crippen LogP contribution >= 0.6 is 15.9 Å². The number of hydrazone groups is 1. The van der Waals surface area contributed by atoms with Crippen molar-refractivity contribution in [3.8, 4) is 11.5 Å². The van der Waals surface area contributed by atoms with Crippen LogP contribution in [0.4, 0.5) is 5.69 Å². The number of carboxylic acids is 1. The van der Waals surface area contributed by atoms with Crippen molar-refractivity contribution in [2.45, 2.75) is 0 Å². The highest BCUT2D eigenvalue weighted by Gasteiger charge is 2.13. The van der Waals surface area contributed by atoms with Gasteiger partial charge in [-0.2, -0.15) is 5.10 Å². The molecule has 0 fully saturated rings. The standard InChI is InChI=1S/C17H14BrN3O7/c1-27-14-7-10(6-13(18)16(14)28-9-15(22)23)8-19-20-17(24)11-2-4-12(5-3-11)21(25)26/h2-8H,9H2,1H3,(H,20,24)(H,22,23)/b19-8-. The number of ether oxygens (including phenoxy) is 2. The number of hydrogen-bond acceptors (Lipinski definition) is 7. The van der Waals surface area contributed by atoms with Gasteiger partial charge >= 0.3 is 5.97 Å². The molecule has 2 N–H and O–H groups in total. The maximum Gasteiger partial charge on any atom is 0.341 e. The summed E-state index contributed by atoms with van der Waals surface area (Å²) in [6.45, 7) is -0.534. The van der Waals surface area contributed by atoms with Crippen molar-refractivity contribution in [2.24, 2.45) is 5.10 Å². The number of halogens is 1. The molecule has 0 unspecified atom stereocenters. The number of rotatable bonds is 8. The molecule has 0 spiro atoms. The highest BCUT2D eigenvalue weighted by molar-refractivity contribution is 9.10. The molecule has 0 radical (unpaired) electrons. The van der Waals surface area contributed by atoms with E-state index in [4.69, 9.17) is 14.6 Å². The van der Waals surface area contributed by atoms with E-state index in [1.807, 2.05) is 0 Å². The van der Waals surface area contributed by atoms with Crippen LogP contribution in [-0.2, 0) is 4.79 Å². The van der Waals surface area contributed by atoms with E-state index in [-0.39, 0.29) is 22.7 Å². The molecule has 0 saturated carbocycles. The van der Waals surface area contributed by atoms with Crippen molar-refractivity contribution in [1.82, 2.24) is 5.43 Å². The molecule has 0 heterocycles. The van der Waals surface area contributed by atoms with Crippen molar-refractivity contribution >= 4 is 39.7 Å². The molecule has 2 rings (SSSR count). The zero-order valence-corrected chi connectivity index (χ0v) is 16.0. The summed E-state index contributed by atoms with van der Waals surface area (Å²) in [5, 5.41) is 23.2. The number of carbonyl (C=O) groups excluding carboxylic acids is 1. The summed E-state index contributed by atoms with van der Waals surface area (Å²) >= 11 is 3.26. The van der Waals surface area contributed by atoms with Crippen LogP contribution in [0.3, 0.4) is 0 Å². The fraction of sp³-hybridized carbons (Fsp3) is 0.118. The Morgan fingerprint density at radius 2 is 2.00 bits per heavy atom. The van der Waals surface area contributed by atoms with E-state index in [9.17, 15) is 19.7 Å². The molecule has 0 atom stereocenters. The Kier molecular flexibility index (Phi) is 7.04. The predicted molar refractivity (Wildman–Crippen MR) is 102 cm³/mol. The monoisotopic (exact) mass is 451 g/mol. The van der Waals surface area contributed by atoms with Crippen molar-refractivity contribution < 1.29 is 29.1 Å². The van der Waals surface area contributed by atoms with E-state index in [0.717, 1.165) is 0 Å². The second-order valence-corrected chi connectivity index (χ2v) is 6.07. The van der Waals surface area contributed by atoms with Gasteiger partial charge in [-0.3, -0.25) is 14.9 Å². The summed E-state index contributed by atoms with van der Waals surface area (Å²) in [7, 11) is 1.40. The summed E-state index contributed by atoms with van der Waals surface area (Å²) in [6.07, 6.45) is 1.34. The van der Waals surface area contributed by atoms with Crippen LogP contribution in [0.1, 0.15) is 15.9 Å². The molecular formula is C17H14BrN3O7. The smallest absolute Gasteiger partial charge is 0.341 e. The average Bonchev–Trinajstić information content (AvgIpc) is 2.66. The average molecular weight is 452 g/mol. The third kappa shape index (κ3) is 5.51. The van der Waals surface area contributed by atoms with E-state index >= 15 is 0 Å². The number of carbonyl (C=O) groups is 2. The SMILES string of the molecule is COc1cc(/C=N\NC(=O)c2ccc([N+](=O)[O-])cc2)cc(Br)c1OCC(=O)O. The zero-order chi connectivity index (χ0) is 20.7. The third-order valence-corrected chi connectivity index (χ3v) is 3.90. The maximum atomic E-state index is 12.0. The summed E-state index contributed by atoms with van der Waals surface area (Å²) in [5.74, 6) is -1.18. The van der Waals surface area contributed by atoms with Crippen LogP contribution in [0.2, 0.25) is 0 Å². The van der Waals surface area contributed by atoms with Crippen molar-refractivity contribution in [3.63, 3.8) is 0 Å². The van der Waals surface area contributed by atoms with Gasteiger partial charge in [-0.05, 0) is 45.8 Å². The lowest BCUT2D eigenvalue weighted by Crippen LogP contribution is -2.17. The van der Waals surface area contributed by atoms with Crippen LogP contribution in [0.15, 0.2) is 46.0 Å². The second kappa shape index (κ2) is 9.46. The summed E-state index contributed by atoms with van der Waals surface area (Å²) < 4.78 is 10.8. The van der Waals surface area contributed by atoms with Crippen molar-refractivity contribution in [3.05, 3.63) is 62.1 Å². The number of carboxylic acid groups (broad SMARTS) is 1. The Morgan fingerprint density at radius 3 is 2.57 bits per heavy atom. The van der Waals surface area contributed by atoms with Crippen molar-refractivity contribution in [2.75, 3.05) is 13.7 Å². The molecule has 10 nitrogen and oxygen atoms in total. The highest BCUT2D eigenvalue weighted by Crippen LogP contribution is 2.36. The number of amides is 1. The lowest BCUT2D eigenvalue weighted by atomic mass is 10.2. The molecular weight excluding hydrogens is 438 g/mol. The number of nitrogens with one attached hydrogen (secondary N) is 1. The molecule has 0 saturated heterocycles. The van der Waals surface area contributed by atoms with Gasteiger partial charge in [0.05, 0.1) is 22.7 Å². The van der Waals surface area contributed by atoms with Gasteiger partial charge in [0.25, 0.3) is 11.6 Å². The molecule has 28 heavy (non-hydrogen) atoms. The molecule has 0 aliphatic heterocycles. The minimum absolute atomic E-state index is 0.123. The largest absolute Gasteiger partial charge is 0.493 e. The van der Waals surface area contributed by atoms with Gasteiger partial charge in [0.1, 0.15) is 0 Å². The summed E-state index contributed by atoms with van der Waals surface area (Å²) in [5.41, 5.74) is 2.93. The van der Waals surface area contributed by atoms with Gasteiger partial charge in [-0.1, -0.05) is 0 Å². The Hall–Kier alpha value is -3.47. The van der Waals surface area contributed by atoms with Crippen LogP contribution < -0.4 is 14.9 Å². The van der Waals surface area contributed by atoms with Gasteiger partial charge in [0.2, 0.25) is 0 Å². The van der Waals surface area contributed by atoms with E-state index in [2.05, 4.69) is 26.5 Å². The fourth-order valence-corrected chi connectivity index (χ4v) is 2.63. The Morgan fingerprint density at radius 1 is 1.32 bits per heavy atom. The second-order valence-electron chi connectivity index (χ2n) is 5.22. The molecule has 1 amide bonds. The van der Waals surface area contributed by atoms with Crippen LogP contribution in [0.5, 0.6) is 11.5 Å². The molecule has 0 aliphatic carbocycles. The van der Waals surface area contributed by atoms with Crippen LogP contribution in [-0.4, -0.2) is 41.8 Å². The van der Waals surface area contributed by atoms with Gasteiger partial charge < -0.3 is 14.6 Å². The first-order valence-corrected chi connectivity index (χ1v) is 8.41. The van der Waals surface area contributed by atoms with Gasteiger partial charge in [-0.15, -0.1) is 0 Å². The Balaban J connectivity index is 2.08. The fourth-order valence-electron chi connectivity index (χ4n) is 2.05. The number of nitrogens with zero attached hydrogens (tertiary/aromatic N) is 2. The highest BCUT2D eigenvalue weighted by atomic mass is 79.9. The van der Waals surface area contributed by atoms with Crippen molar-refractivity contribution in [1.29, 1.82) is 0 Å². The van der Waals surface area contributed by atoms with Crippen LogP contribution in [0, 0.1) is 10.1 Å². The van der Waals surface area contributed by atoms with E-state index in [0.29, 0.717) is 10.0 Å². The number of nitro groups is 1. The molecule has 0 aromatic heterocycles. The summed E-state index contributed by atoms with van der Waals surface area (Å²) in [6, 6.07) is 8.21. The predicted octanol–water partition coefficient (Wildman–Crippen LogP) is 2.59. The van der Waals surface area contributed by atoms with E-state index in [1.54, 1.807) is 12.1 Å². The first kappa shape index (κ1) is 20.8. The normalized spacial score (nSPS) is 10.5. The number of methoxy groups -OCH3 is 1. The topological polar surface area (TPSA) is 140 Å². The Bertz CT molecular complexity index is 929. The lowest BCUT2D eigenvalue weighted by Gasteiger charge is -2.12. The first-order valence-electron chi connectivity index (χ1n) is 7.61. The number of aliphatic carboxylic acids is 1. The molecule has 2 aromatic rings. The minimum Gasteiger partial charge on any atom is -0.493 e. The number of non-ortho nitro benzene ring substituents is 1. The minimum atomic E-state index is -1.13. The van der Waals surface area contributed by atoms with Gasteiger partial charge in [0, 0.05) is 17.7 Å². The first-order chi connectivity index (χ1) is 13.3.